The zero-order valence-electron chi connectivity index (χ0n) is 4.54. The predicted molar refractivity (Wildman–Crippen MR) is 53.5 cm³/mol. The number of hydrogen-bond acceptors (Lipinski definition) is 4. The van der Waals surface area contributed by atoms with Crippen LogP contribution in [-0.4, -0.2) is 71.1 Å². The summed E-state index contributed by atoms with van der Waals surface area (Å²) in [5, 5.41) is 0. The van der Waals surface area contributed by atoms with Gasteiger partial charge in [-0.1, -0.05) is 0 Å². The molecule has 0 N–H and O–H groups in total. The van der Waals surface area contributed by atoms with Crippen LogP contribution >= 0.6 is 32.5 Å². The van der Waals surface area contributed by atoms with Gasteiger partial charge in [0, 0.05) is 12.2 Å². The van der Waals surface area contributed by atoms with Crippen molar-refractivity contribution in [3.63, 3.8) is 0 Å². The van der Waals surface area contributed by atoms with Crippen molar-refractivity contribution in [3.05, 3.63) is 12.2 Å². The van der Waals surface area contributed by atoms with Crippen molar-refractivity contribution in [2.75, 3.05) is 0 Å². The summed E-state index contributed by atoms with van der Waals surface area (Å²) in [6, 6.07) is 0. The molecule has 0 aromatic rings. The first-order valence-electron chi connectivity index (χ1n) is 2.04. The van der Waals surface area contributed by atoms with Gasteiger partial charge in [-0.2, -0.15) is 0 Å². The van der Waals surface area contributed by atoms with Crippen LogP contribution in [-0.2, 0) is 17.2 Å². The maximum atomic E-state index is 10.3. The molecule has 4 nitrogen and oxygen atoms in total. The van der Waals surface area contributed by atoms with E-state index in [0.29, 0.717) is 0 Å². The first-order valence-corrected chi connectivity index (χ1v) is 3.33. The number of halogens is 2. The van der Waals surface area contributed by atoms with Crippen molar-refractivity contribution in [1.82, 2.24) is 0 Å². The van der Waals surface area contributed by atoms with Gasteiger partial charge in [0.1, 0.15) is 0 Å². The first-order chi connectivity index (χ1) is 4.70. The Kier molecular flexibility index (Phi) is 20.3. The molecule has 8 heteroatoms. The molecule has 0 unspecified atom stereocenters. The Hall–Kier alpha value is 1.64. The van der Waals surface area contributed by atoms with Crippen molar-refractivity contribution in [1.29, 1.82) is 0 Å². The quantitative estimate of drug-likeness (QED) is 0.529. The van der Waals surface area contributed by atoms with Crippen LogP contribution in [0.1, 0.15) is 0 Å². The summed E-state index contributed by atoms with van der Waals surface area (Å²) in [6.07, 6.45) is 1.83. The van der Waals surface area contributed by atoms with E-state index in [0.717, 1.165) is 12.2 Å². The Balaban J connectivity index is -0.000000405. The fourth-order valence-corrected chi connectivity index (χ4v) is 0.403. The van der Waals surface area contributed by atoms with E-state index in [1.165, 1.54) is 0 Å². The van der Waals surface area contributed by atoms with Crippen LogP contribution in [0.15, 0.2) is 12.2 Å². The van der Waals surface area contributed by atoms with Crippen LogP contribution in [0.3, 0.4) is 0 Å². The van der Waals surface area contributed by atoms with Crippen LogP contribution < -0.4 is 0 Å². The molecule has 0 aliphatic heterocycles. The van der Waals surface area contributed by atoms with Crippen molar-refractivity contribution >= 4 is 104 Å². The van der Waals surface area contributed by atoms with Crippen molar-refractivity contribution in [3.8, 4) is 0 Å². The van der Waals surface area contributed by atoms with E-state index in [-0.39, 0.29) is 59.1 Å². The Morgan fingerprint density at radius 3 is 1.33 bits per heavy atom. The fourth-order valence-electron chi connectivity index (χ4n) is 0.188. The standard InChI is InChI=1S/C4H2Br2O4.2Na.2H/c5-9-3(7)1-2-4(8)10-6;;;;/h1-2H;;;;. The van der Waals surface area contributed by atoms with Gasteiger partial charge in [-0.25, -0.2) is 9.59 Å². The minimum absolute atomic E-state index is 0. The zero-order valence-corrected chi connectivity index (χ0v) is 7.72. The second kappa shape index (κ2) is 12.6. The van der Waals surface area contributed by atoms with E-state index in [1.807, 2.05) is 0 Å². The molecular formula is C4H4Br2Na2O4. The van der Waals surface area contributed by atoms with Gasteiger partial charge in [-0.15, -0.1) is 0 Å². The summed E-state index contributed by atoms with van der Waals surface area (Å²) < 4.78 is 8.02. The van der Waals surface area contributed by atoms with Gasteiger partial charge in [0.25, 0.3) is 0 Å². The molecule has 0 atom stereocenters. The molecule has 0 saturated carbocycles. The number of carbonyl (C=O) groups is 2. The Morgan fingerprint density at radius 2 is 1.17 bits per heavy atom. The molecule has 60 valence electrons. The van der Waals surface area contributed by atoms with Crippen LogP contribution in [0.5, 0.6) is 0 Å². The number of rotatable bonds is 2. The molecule has 0 aliphatic carbocycles. The van der Waals surface area contributed by atoms with Crippen LogP contribution in [0.4, 0.5) is 0 Å². The monoisotopic (exact) mass is 320 g/mol. The second-order valence-corrected chi connectivity index (χ2v) is 1.77. The van der Waals surface area contributed by atoms with Crippen molar-refractivity contribution < 1.29 is 17.2 Å². The Labute approximate surface area is 131 Å². The molecule has 0 rings (SSSR count). The summed E-state index contributed by atoms with van der Waals surface area (Å²) in [7, 11) is 0. The van der Waals surface area contributed by atoms with Crippen LogP contribution in [0.25, 0.3) is 0 Å². The van der Waals surface area contributed by atoms with E-state index in [9.17, 15) is 9.59 Å². The molecule has 0 saturated heterocycles. The summed E-state index contributed by atoms with van der Waals surface area (Å²) in [6.45, 7) is 0. The van der Waals surface area contributed by atoms with Gasteiger partial charge in [0.05, 0.1) is 0 Å². The summed E-state index contributed by atoms with van der Waals surface area (Å²) >= 11 is 4.84. The van der Waals surface area contributed by atoms with Crippen molar-refractivity contribution in [2.24, 2.45) is 0 Å². The van der Waals surface area contributed by atoms with E-state index < -0.39 is 11.9 Å². The molecule has 0 bridgehead atoms. The number of carbonyl (C=O) groups excluding carboxylic acids is 2. The average Bonchev–Trinajstić information content (AvgIpc) is 1.99. The van der Waals surface area contributed by atoms with Gasteiger partial charge in [-0.05, 0) is 0 Å². The average molecular weight is 322 g/mol. The Morgan fingerprint density at radius 1 is 0.917 bits per heavy atom. The normalized spacial score (nSPS) is 7.83. The third kappa shape index (κ3) is 11.6. The maximum absolute atomic E-state index is 10.3. The fraction of sp³-hybridized carbons (Fsp3) is 0. The SMILES string of the molecule is O=C(C=CC(=O)OBr)OBr.[NaH].[NaH]. The van der Waals surface area contributed by atoms with Gasteiger partial charge >= 0.3 is 71.1 Å². The molecule has 0 radical (unpaired) electrons. The summed E-state index contributed by atoms with van der Waals surface area (Å²) in [5.41, 5.74) is 0. The van der Waals surface area contributed by atoms with E-state index in [2.05, 4.69) is 40.2 Å². The molecule has 0 aromatic heterocycles. The summed E-state index contributed by atoms with van der Waals surface area (Å²) in [5.74, 6) is -1.36. The Bertz CT molecular complexity index is 154. The molecule has 0 spiro atoms. The molecule has 0 aromatic carbocycles. The first kappa shape index (κ1) is 19.2. The second-order valence-electron chi connectivity index (χ2n) is 1.13. The topological polar surface area (TPSA) is 52.6 Å². The van der Waals surface area contributed by atoms with E-state index in [4.69, 9.17) is 0 Å². The van der Waals surface area contributed by atoms with E-state index in [1.54, 1.807) is 0 Å². The molecular weight excluding hydrogens is 318 g/mol. The zero-order chi connectivity index (χ0) is 7.98. The van der Waals surface area contributed by atoms with Gasteiger partial charge in [0.2, 0.25) is 0 Å². The predicted octanol–water partition coefficient (Wildman–Crippen LogP) is -0.0482. The minimum atomic E-state index is -0.682. The van der Waals surface area contributed by atoms with Gasteiger partial charge in [-0.3, -0.25) is 0 Å². The van der Waals surface area contributed by atoms with E-state index >= 15 is 0 Å². The van der Waals surface area contributed by atoms with Crippen molar-refractivity contribution in [2.45, 2.75) is 0 Å². The summed E-state index contributed by atoms with van der Waals surface area (Å²) in [4.78, 5) is 20.5. The molecule has 0 fully saturated rings. The van der Waals surface area contributed by atoms with Crippen LogP contribution in [0, 0.1) is 0 Å². The van der Waals surface area contributed by atoms with Crippen LogP contribution in [0.2, 0.25) is 0 Å². The third-order valence-corrected chi connectivity index (χ3v) is 1.15. The molecule has 12 heavy (non-hydrogen) atoms. The molecule has 0 heterocycles. The third-order valence-electron chi connectivity index (χ3n) is 0.508. The molecule has 0 aliphatic rings. The van der Waals surface area contributed by atoms with Gasteiger partial charge < -0.3 is 7.66 Å². The molecule has 0 amide bonds. The van der Waals surface area contributed by atoms with Gasteiger partial charge in [0.15, 0.2) is 32.5 Å². The number of hydrogen-bond donors (Lipinski definition) is 0.